The van der Waals surface area contributed by atoms with Gasteiger partial charge in [0.1, 0.15) is 0 Å². The van der Waals surface area contributed by atoms with E-state index in [2.05, 4.69) is 20.8 Å². The van der Waals surface area contributed by atoms with E-state index in [0.717, 1.165) is 53.5 Å². The van der Waals surface area contributed by atoms with Crippen LogP contribution < -0.4 is 10.6 Å². The van der Waals surface area contributed by atoms with Gasteiger partial charge in [0.25, 0.3) is 0 Å². The fraction of sp³-hybridized carbons (Fsp3) is 0.300. The van der Waals surface area contributed by atoms with Gasteiger partial charge in [0.05, 0.1) is 11.4 Å². The number of aromatic amines is 1. The quantitative estimate of drug-likeness (QED) is 0.651. The van der Waals surface area contributed by atoms with Crippen molar-refractivity contribution in [3.8, 4) is 11.1 Å². The predicted molar refractivity (Wildman–Crippen MR) is 106 cm³/mol. The van der Waals surface area contributed by atoms with Crippen molar-refractivity contribution in [2.45, 2.75) is 19.8 Å². The number of rotatable bonds is 3. The van der Waals surface area contributed by atoms with Crippen LogP contribution in [0.15, 0.2) is 36.4 Å². The molecule has 1 aliphatic rings. The number of H-pyrrole nitrogens is 1. The molecule has 2 heterocycles. The Morgan fingerprint density at radius 3 is 2.92 bits per heavy atom. The molecule has 134 valence electrons. The van der Waals surface area contributed by atoms with Crippen molar-refractivity contribution in [2.75, 3.05) is 18.4 Å². The molecule has 26 heavy (non-hydrogen) atoms. The van der Waals surface area contributed by atoms with Gasteiger partial charge < -0.3 is 10.6 Å². The SMILES string of the molecule is Cc1ccc(-c2ccc3[nH]nc(NC(=O)[C@@H]4CCCNC4)c3c2)c(Cl)c1. The molecule has 5 nitrogen and oxygen atoms in total. The lowest BCUT2D eigenvalue weighted by Crippen LogP contribution is -2.37. The molecule has 3 aromatic rings. The van der Waals surface area contributed by atoms with E-state index in [0.29, 0.717) is 10.8 Å². The van der Waals surface area contributed by atoms with Gasteiger partial charge in [-0.05, 0) is 55.6 Å². The van der Waals surface area contributed by atoms with Crippen molar-refractivity contribution < 1.29 is 4.79 Å². The number of aryl methyl sites for hydroxylation is 1. The molecule has 0 unspecified atom stereocenters. The maximum atomic E-state index is 12.5. The monoisotopic (exact) mass is 368 g/mol. The van der Waals surface area contributed by atoms with Crippen molar-refractivity contribution in [2.24, 2.45) is 5.92 Å². The van der Waals surface area contributed by atoms with E-state index in [1.165, 1.54) is 0 Å². The molecule has 6 heteroatoms. The number of aromatic nitrogens is 2. The van der Waals surface area contributed by atoms with Crippen molar-refractivity contribution >= 4 is 34.2 Å². The summed E-state index contributed by atoms with van der Waals surface area (Å²) in [5.74, 6) is 0.579. The van der Waals surface area contributed by atoms with Crippen LogP contribution in [0.2, 0.25) is 5.02 Å². The molecule has 0 aliphatic carbocycles. The summed E-state index contributed by atoms with van der Waals surface area (Å²) in [6.45, 7) is 3.72. The van der Waals surface area contributed by atoms with Gasteiger partial charge in [-0.1, -0.05) is 29.8 Å². The summed E-state index contributed by atoms with van der Waals surface area (Å²) in [5, 5.41) is 15.1. The summed E-state index contributed by atoms with van der Waals surface area (Å²) in [7, 11) is 0. The Hall–Kier alpha value is -2.37. The van der Waals surface area contributed by atoms with E-state index in [1.807, 2.05) is 43.3 Å². The fourth-order valence-corrected chi connectivity index (χ4v) is 3.77. The van der Waals surface area contributed by atoms with Crippen LogP contribution in [0.4, 0.5) is 5.82 Å². The molecule has 0 bridgehead atoms. The summed E-state index contributed by atoms with van der Waals surface area (Å²) in [4.78, 5) is 12.5. The molecule has 0 saturated carbocycles. The summed E-state index contributed by atoms with van der Waals surface area (Å²) < 4.78 is 0. The molecule has 1 atom stereocenters. The maximum Gasteiger partial charge on any atom is 0.229 e. The molecule has 1 saturated heterocycles. The Kier molecular flexibility index (Phi) is 4.66. The van der Waals surface area contributed by atoms with Gasteiger partial charge in [-0.3, -0.25) is 9.89 Å². The highest BCUT2D eigenvalue weighted by atomic mass is 35.5. The molecule has 0 radical (unpaired) electrons. The Balaban J connectivity index is 1.65. The minimum Gasteiger partial charge on any atom is -0.316 e. The van der Waals surface area contributed by atoms with Gasteiger partial charge in [-0.25, -0.2) is 0 Å². The standard InChI is InChI=1S/C20H21ClN4O/c1-12-4-6-15(17(21)9-12)13-5-7-18-16(10-13)19(25-24-18)23-20(26)14-3-2-8-22-11-14/h4-7,9-10,14,22H,2-3,8,11H2,1H3,(H2,23,24,25,26)/t14-/m1/s1. The largest absolute Gasteiger partial charge is 0.316 e. The van der Waals surface area contributed by atoms with Crippen LogP contribution in [0.5, 0.6) is 0 Å². The van der Waals surface area contributed by atoms with E-state index < -0.39 is 0 Å². The minimum atomic E-state index is -0.00905. The van der Waals surface area contributed by atoms with Crippen LogP contribution in [0, 0.1) is 12.8 Å². The van der Waals surface area contributed by atoms with Crippen LogP contribution in [-0.4, -0.2) is 29.2 Å². The topological polar surface area (TPSA) is 69.8 Å². The molecule has 1 aliphatic heterocycles. The van der Waals surface area contributed by atoms with Crippen molar-refractivity contribution in [3.05, 3.63) is 47.0 Å². The van der Waals surface area contributed by atoms with Crippen LogP contribution in [0.25, 0.3) is 22.0 Å². The van der Waals surface area contributed by atoms with E-state index in [-0.39, 0.29) is 11.8 Å². The average molecular weight is 369 g/mol. The van der Waals surface area contributed by atoms with E-state index >= 15 is 0 Å². The third kappa shape index (κ3) is 3.32. The first-order valence-corrected chi connectivity index (χ1v) is 9.26. The fourth-order valence-electron chi connectivity index (χ4n) is 3.43. The van der Waals surface area contributed by atoms with Crippen molar-refractivity contribution in [1.29, 1.82) is 0 Å². The molecule has 1 amide bonds. The van der Waals surface area contributed by atoms with Gasteiger partial charge in [-0.2, -0.15) is 5.10 Å². The van der Waals surface area contributed by atoms with Crippen LogP contribution in [0.1, 0.15) is 18.4 Å². The number of carbonyl (C=O) groups is 1. The highest BCUT2D eigenvalue weighted by Gasteiger charge is 2.22. The molecule has 2 aromatic carbocycles. The number of nitrogens with zero attached hydrogens (tertiary/aromatic N) is 1. The van der Waals surface area contributed by atoms with Gasteiger partial charge in [0.15, 0.2) is 5.82 Å². The molecular weight excluding hydrogens is 348 g/mol. The number of halogens is 1. The average Bonchev–Trinajstić information content (AvgIpc) is 3.04. The summed E-state index contributed by atoms with van der Waals surface area (Å²) in [6.07, 6.45) is 1.93. The van der Waals surface area contributed by atoms with Crippen LogP contribution >= 0.6 is 11.6 Å². The second-order valence-corrected chi connectivity index (χ2v) is 7.26. The predicted octanol–water partition coefficient (Wildman–Crippen LogP) is 4.13. The lowest BCUT2D eigenvalue weighted by atomic mass is 9.99. The minimum absolute atomic E-state index is 0.00905. The number of hydrogen-bond donors (Lipinski definition) is 3. The zero-order valence-electron chi connectivity index (χ0n) is 14.6. The zero-order chi connectivity index (χ0) is 18.1. The number of fused-ring (bicyclic) bond motifs is 1. The molecule has 1 fully saturated rings. The van der Waals surface area contributed by atoms with E-state index in [9.17, 15) is 4.79 Å². The zero-order valence-corrected chi connectivity index (χ0v) is 15.4. The second-order valence-electron chi connectivity index (χ2n) is 6.85. The maximum absolute atomic E-state index is 12.5. The molecule has 0 spiro atoms. The highest BCUT2D eigenvalue weighted by Crippen LogP contribution is 2.32. The lowest BCUT2D eigenvalue weighted by molar-refractivity contribution is -0.120. The normalized spacial score (nSPS) is 17.4. The number of benzene rings is 2. The Bertz CT molecular complexity index is 960. The summed E-state index contributed by atoms with van der Waals surface area (Å²) in [5.41, 5.74) is 3.97. The number of anilines is 1. The second kappa shape index (κ2) is 7.09. The number of piperidine rings is 1. The third-order valence-electron chi connectivity index (χ3n) is 4.91. The molecule has 3 N–H and O–H groups in total. The number of amides is 1. The number of nitrogens with one attached hydrogen (secondary N) is 3. The number of hydrogen-bond acceptors (Lipinski definition) is 3. The van der Waals surface area contributed by atoms with Crippen molar-refractivity contribution in [3.63, 3.8) is 0 Å². The van der Waals surface area contributed by atoms with E-state index in [1.54, 1.807) is 0 Å². The third-order valence-corrected chi connectivity index (χ3v) is 5.22. The highest BCUT2D eigenvalue weighted by molar-refractivity contribution is 6.33. The smallest absolute Gasteiger partial charge is 0.229 e. The van der Waals surface area contributed by atoms with E-state index in [4.69, 9.17) is 11.6 Å². The van der Waals surface area contributed by atoms with Gasteiger partial charge >= 0.3 is 0 Å². The first-order chi connectivity index (χ1) is 12.6. The van der Waals surface area contributed by atoms with Gasteiger partial charge in [0.2, 0.25) is 5.91 Å². The van der Waals surface area contributed by atoms with Crippen LogP contribution in [0.3, 0.4) is 0 Å². The molecular formula is C20H21ClN4O. The lowest BCUT2D eigenvalue weighted by Gasteiger charge is -2.21. The summed E-state index contributed by atoms with van der Waals surface area (Å²) in [6, 6.07) is 12.0. The van der Waals surface area contributed by atoms with Gasteiger partial charge in [-0.15, -0.1) is 0 Å². The molecule has 4 rings (SSSR count). The van der Waals surface area contributed by atoms with Crippen molar-refractivity contribution in [1.82, 2.24) is 15.5 Å². The Morgan fingerprint density at radius 1 is 1.27 bits per heavy atom. The Labute approximate surface area is 157 Å². The number of carbonyl (C=O) groups excluding carboxylic acids is 1. The molecule has 1 aromatic heterocycles. The first kappa shape index (κ1) is 17.1. The first-order valence-electron chi connectivity index (χ1n) is 8.88. The Morgan fingerprint density at radius 2 is 2.15 bits per heavy atom. The summed E-state index contributed by atoms with van der Waals surface area (Å²) >= 11 is 6.41. The van der Waals surface area contributed by atoms with Crippen LogP contribution in [-0.2, 0) is 4.79 Å². The van der Waals surface area contributed by atoms with Gasteiger partial charge in [0, 0.05) is 22.5 Å².